The van der Waals surface area contributed by atoms with Gasteiger partial charge < -0.3 is 9.64 Å². The number of methoxy groups -OCH3 is 1. The van der Waals surface area contributed by atoms with E-state index in [1.54, 1.807) is 48.4 Å². The first-order valence-corrected chi connectivity index (χ1v) is 11.8. The molecule has 0 aromatic heterocycles. The first-order valence-electron chi connectivity index (χ1n) is 9.52. The highest BCUT2D eigenvalue weighted by Gasteiger charge is 2.31. The van der Waals surface area contributed by atoms with Gasteiger partial charge in [0.15, 0.2) is 0 Å². The van der Waals surface area contributed by atoms with Crippen molar-refractivity contribution in [2.24, 2.45) is 0 Å². The number of fused-ring (bicyclic) bond motifs is 1. The van der Waals surface area contributed by atoms with Crippen molar-refractivity contribution < 1.29 is 17.9 Å². The van der Waals surface area contributed by atoms with Gasteiger partial charge in [0.1, 0.15) is 5.75 Å². The maximum absolute atomic E-state index is 13.2. The molecule has 30 heavy (non-hydrogen) atoms. The predicted molar refractivity (Wildman–Crippen MR) is 119 cm³/mol. The van der Waals surface area contributed by atoms with Gasteiger partial charge in [-0.3, -0.25) is 4.79 Å². The van der Waals surface area contributed by atoms with Crippen LogP contribution in [0.2, 0.25) is 0 Å². The monoisotopic (exact) mass is 488 g/mol. The minimum atomic E-state index is -3.59. The average molecular weight is 489 g/mol. The Morgan fingerprint density at radius 1 is 0.933 bits per heavy atom. The largest absolute Gasteiger partial charge is 0.496 e. The summed E-state index contributed by atoms with van der Waals surface area (Å²) in [5.41, 5.74) is 0.592. The Bertz CT molecular complexity index is 1200. The molecule has 1 saturated heterocycles. The van der Waals surface area contributed by atoms with Crippen molar-refractivity contribution in [3.05, 3.63) is 70.7 Å². The third-order valence-corrected chi connectivity index (χ3v) is 7.68. The number of sulfonamides is 1. The summed E-state index contributed by atoms with van der Waals surface area (Å²) >= 11 is 3.32. The van der Waals surface area contributed by atoms with E-state index in [4.69, 9.17) is 4.74 Å². The van der Waals surface area contributed by atoms with Crippen LogP contribution in [0.25, 0.3) is 10.8 Å². The van der Waals surface area contributed by atoms with Crippen LogP contribution in [0, 0.1) is 0 Å². The highest BCUT2D eigenvalue weighted by Crippen LogP contribution is 2.29. The third-order valence-electron chi connectivity index (χ3n) is 5.29. The van der Waals surface area contributed by atoms with E-state index in [-0.39, 0.29) is 23.9 Å². The first kappa shape index (κ1) is 20.8. The van der Waals surface area contributed by atoms with Gasteiger partial charge >= 0.3 is 0 Å². The van der Waals surface area contributed by atoms with E-state index in [2.05, 4.69) is 15.9 Å². The van der Waals surface area contributed by atoms with Gasteiger partial charge in [-0.15, -0.1) is 0 Å². The first-order chi connectivity index (χ1) is 14.4. The van der Waals surface area contributed by atoms with E-state index < -0.39 is 10.0 Å². The molecule has 0 bridgehead atoms. The van der Waals surface area contributed by atoms with Crippen LogP contribution >= 0.6 is 15.9 Å². The normalized spacial score (nSPS) is 15.3. The second kappa shape index (κ2) is 8.37. The maximum atomic E-state index is 13.2. The summed E-state index contributed by atoms with van der Waals surface area (Å²) in [6, 6.07) is 17.9. The molecule has 0 atom stereocenters. The van der Waals surface area contributed by atoms with E-state index in [0.717, 1.165) is 10.8 Å². The highest BCUT2D eigenvalue weighted by atomic mass is 79.9. The Labute approximate surface area is 184 Å². The Morgan fingerprint density at radius 3 is 2.30 bits per heavy atom. The number of ether oxygens (including phenoxy) is 1. The molecule has 1 fully saturated rings. The Balaban J connectivity index is 1.54. The summed E-state index contributed by atoms with van der Waals surface area (Å²) in [6.07, 6.45) is 0. The smallest absolute Gasteiger partial charge is 0.254 e. The standard InChI is InChI=1S/C22H21BrN2O4S/c1-29-21-10-9-20(18-7-2-3-8-19(18)21)22(26)24-11-13-25(14-12-24)30(27,28)17-6-4-5-16(23)15-17/h2-10,15H,11-14H2,1H3. The van der Waals surface area contributed by atoms with Gasteiger partial charge in [-0.05, 0) is 35.7 Å². The van der Waals surface area contributed by atoms with Gasteiger partial charge in [0.25, 0.3) is 5.91 Å². The van der Waals surface area contributed by atoms with E-state index in [9.17, 15) is 13.2 Å². The van der Waals surface area contributed by atoms with Crippen molar-refractivity contribution in [3.8, 4) is 5.75 Å². The third kappa shape index (κ3) is 3.82. The lowest BCUT2D eigenvalue weighted by atomic mass is 10.0. The van der Waals surface area contributed by atoms with Gasteiger partial charge in [0.05, 0.1) is 12.0 Å². The molecule has 1 heterocycles. The zero-order valence-electron chi connectivity index (χ0n) is 16.4. The van der Waals surface area contributed by atoms with Crippen LogP contribution in [0.3, 0.4) is 0 Å². The fourth-order valence-corrected chi connectivity index (χ4v) is 5.73. The molecule has 1 aliphatic heterocycles. The van der Waals surface area contributed by atoms with Crippen molar-refractivity contribution in [3.63, 3.8) is 0 Å². The van der Waals surface area contributed by atoms with Crippen molar-refractivity contribution in [1.82, 2.24) is 9.21 Å². The number of hydrogen-bond donors (Lipinski definition) is 0. The second-order valence-corrected chi connectivity index (χ2v) is 9.87. The number of carbonyl (C=O) groups is 1. The van der Waals surface area contributed by atoms with Gasteiger partial charge in [0.2, 0.25) is 10.0 Å². The lowest BCUT2D eigenvalue weighted by Crippen LogP contribution is -2.50. The number of carbonyl (C=O) groups excluding carboxylic acids is 1. The molecule has 3 aromatic carbocycles. The van der Waals surface area contributed by atoms with Crippen LogP contribution in [0.1, 0.15) is 10.4 Å². The molecule has 0 N–H and O–H groups in total. The molecule has 0 radical (unpaired) electrons. The van der Waals surface area contributed by atoms with Crippen LogP contribution in [0.5, 0.6) is 5.75 Å². The van der Waals surface area contributed by atoms with Crippen molar-refractivity contribution in [2.45, 2.75) is 4.90 Å². The Morgan fingerprint density at radius 2 is 1.63 bits per heavy atom. The van der Waals surface area contributed by atoms with Crippen LogP contribution < -0.4 is 4.74 Å². The van der Waals surface area contributed by atoms with Gasteiger partial charge in [-0.2, -0.15) is 4.31 Å². The van der Waals surface area contributed by atoms with Crippen LogP contribution in [-0.4, -0.2) is 56.8 Å². The lowest BCUT2D eigenvalue weighted by molar-refractivity contribution is 0.0700. The molecule has 156 valence electrons. The summed E-state index contributed by atoms with van der Waals surface area (Å²) in [6.45, 7) is 1.20. The quantitative estimate of drug-likeness (QED) is 0.560. The zero-order chi connectivity index (χ0) is 21.3. The number of benzene rings is 3. The lowest BCUT2D eigenvalue weighted by Gasteiger charge is -2.34. The predicted octanol–water partition coefficient (Wildman–Crippen LogP) is 3.76. The number of amides is 1. The topological polar surface area (TPSA) is 66.9 Å². The Kier molecular flexibility index (Phi) is 5.81. The second-order valence-electron chi connectivity index (χ2n) is 7.01. The molecule has 0 unspecified atom stereocenters. The minimum absolute atomic E-state index is 0.103. The zero-order valence-corrected chi connectivity index (χ0v) is 18.8. The summed E-state index contributed by atoms with van der Waals surface area (Å²) in [7, 11) is -1.99. The van der Waals surface area contributed by atoms with Crippen molar-refractivity contribution in [1.29, 1.82) is 0 Å². The highest BCUT2D eigenvalue weighted by molar-refractivity contribution is 9.10. The van der Waals surface area contributed by atoms with Crippen molar-refractivity contribution >= 4 is 42.6 Å². The number of rotatable bonds is 4. The summed E-state index contributed by atoms with van der Waals surface area (Å²) in [4.78, 5) is 15.2. The molecular formula is C22H21BrN2O4S. The fourth-order valence-electron chi connectivity index (χ4n) is 3.71. The fraction of sp³-hybridized carbons (Fsp3) is 0.227. The summed E-state index contributed by atoms with van der Waals surface area (Å²) < 4.78 is 33.4. The minimum Gasteiger partial charge on any atom is -0.496 e. The number of piperazine rings is 1. The molecular weight excluding hydrogens is 468 g/mol. The van der Waals surface area contributed by atoms with E-state index in [1.165, 1.54) is 4.31 Å². The summed E-state index contributed by atoms with van der Waals surface area (Å²) in [5.74, 6) is 0.612. The Hall–Kier alpha value is -2.42. The van der Waals surface area contributed by atoms with Gasteiger partial charge in [-0.1, -0.05) is 46.3 Å². The number of hydrogen-bond acceptors (Lipinski definition) is 4. The van der Waals surface area contributed by atoms with Crippen LogP contribution in [-0.2, 0) is 10.0 Å². The molecule has 3 aromatic rings. The van der Waals surface area contributed by atoms with E-state index >= 15 is 0 Å². The SMILES string of the molecule is COc1ccc(C(=O)N2CCN(S(=O)(=O)c3cccc(Br)c3)CC2)c2ccccc12. The number of nitrogens with zero attached hydrogens (tertiary/aromatic N) is 2. The molecule has 4 rings (SSSR count). The van der Waals surface area contributed by atoms with Gasteiger partial charge in [-0.25, -0.2) is 8.42 Å². The number of halogens is 1. The molecule has 0 aliphatic carbocycles. The van der Waals surface area contributed by atoms with E-state index in [0.29, 0.717) is 28.9 Å². The summed E-state index contributed by atoms with van der Waals surface area (Å²) in [5, 5.41) is 1.70. The van der Waals surface area contributed by atoms with Crippen LogP contribution in [0.4, 0.5) is 0 Å². The van der Waals surface area contributed by atoms with E-state index in [1.807, 2.05) is 24.3 Å². The molecule has 8 heteroatoms. The maximum Gasteiger partial charge on any atom is 0.254 e. The molecule has 0 spiro atoms. The molecule has 1 aliphatic rings. The van der Waals surface area contributed by atoms with Gasteiger partial charge in [0, 0.05) is 41.6 Å². The van der Waals surface area contributed by atoms with Crippen molar-refractivity contribution in [2.75, 3.05) is 33.3 Å². The molecule has 6 nitrogen and oxygen atoms in total. The van der Waals surface area contributed by atoms with Crippen LogP contribution in [0.15, 0.2) is 70.0 Å². The molecule has 0 saturated carbocycles. The molecule has 1 amide bonds. The average Bonchev–Trinajstić information content (AvgIpc) is 2.78.